The fourth-order valence-electron chi connectivity index (χ4n) is 2.31. The lowest BCUT2D eigenvalue weighted by molar-refractivity contribution is 0.102. The van der Waals surface area contributed by atoms with Gasteiger partial charge in [-0.05, 0) is 55.5 Å². The molecule has 0 radical (unpaired) electrons. The molecule has 0 atom stereocenters. The fourth-order valence-corrected chi connectivity index (χ4v) is 2.70. The van der Waals surface area contributed by atoms with Crippen LogP contribution in [0.15, 0.2) is 65.1 Å². The lowest BCUT2D eigenvalue weighted by Crippen LogP contribution is -2.14. The zero-order valence-corrected chi connectivity index (χ0v) is 15.2. The molecule has 3 nitrogen and oxygen atoms in total. The van der Waals surface area contributed by atoms with Crippen molar-refractivity contribution in [2.45, 2.75) is 6.92 Å². The van der Waals surface area contributed by atoms with E-state index in [-0.39, 0.29) is 5.91 Å². The molecule has 1 N–H and O–H groups in total. The standard InChI is InChI=1S/C19H14BrClN2O/c1-12-17(19(24)23-16-8-6-15(21)7-9-16)10-11-18(22-12)13-2-4-14(20)5-3-13/h2-11H,1H3,(H,23,24). The summed E-state index contributed by atoms with van der Waals surface area (Å²) in [6, 6.07) is 18.5. The predicted molar refractivity (Wildman–Crippen MR) is 102 cm³/mol. The van der Waals surface area contributed by atoms with Crippen molar-refractivity contribution in [3.63, 3.8) is 0 Å². The van der Waals surface area contributed by atoms with E-state index in [0.29, 0.717) is 22.0 Å². The van der Waals surface area contributed by atoms with Gasteiger partial charge in [0.05, 0.1) is 17.0 Å². The average molecular weight is 402 g/mol. The zero-order chi connectivity index (χ0) is 17.1. The van der Waals surface area contributed by atoms with E-state index in [0.717, 1.165) is 15.7 Å². The number of halogens is 2. The Balaban J connectivity index is 1.82. The van der Waals surface area contributed by atoms with E-state index in [1.807, 2.05) is 37.3 Å². The van der Waals surface area contributed by atoms with E-state index in [2.05, 4.69) is 26.2 Å². The van der Waals surface area contributed by atoms with Gasteiger partial charge < -0.3 is 5.32 Å². The van der Waals surface area contributed by atoms with Crippen LogP contribution < -0.4 is 5.32 Å². The quantitative estimate of drug-likeness (QED) is 0.609. The summed E-state index contributed by atoms with van der Waals surface area (Å²) in [5.74, 6) is -0.190. The van der Waals surface area contributed by atoms with Crippen molar-refractivity contribution >= 4 is 39.1 Å². The summed E-state index contributed by atoms with van der Waals surface area (Å²) in [6.07, 6.45) is 0. The molecule has 0 aliphatic carbocycles. The van der Waals surface area contributed by atoms with Crippen LogP contribution in [0.2, 0.25) is 5.02 Å². The smallest absolute Gasteiger partial charge is 0.257 e. The van der Waals surface area contributed by atoms with Crippen LogP contribution in [0, 0.1) is 6.92 Å². The molecule has 0 aliphatic rings. The van der Waals surface area contributed by atoms with Gasteiger partial charge in [0.15, 0.2) is 0 Å². The van der Waals surface area contributed by atoms with E-state index in [1.54, 1.807) is 30.3 Å². The number of rotatable bonds is 3. The maximum absolute atomic E-state index is 12.4. The normalized spacial score (nSPS) is 10.5. The highest BCUT2D eigenvalue weighted by Crippen LogP contribution is 2.22. The molecule has 0 saturated carbocycles. The first-order chi connectivity index (χ1) is 11.5. The van der Waals surface area contributed by atoms with Crippen molar-refractivity contribution in [1.82, 2.24) is 4.98 Å². The van der Waals surface area contributed by atoms with Gasteiger partial charge in [-0.15, -0.1) is 0 Å². The largest absolute Gasteiger partial charge is 0.322 e. The predicted octanol–water partition coefficient (Wildman–Crippen LogP) is 5.73. The Kier molecular flexibility index (Phi) is 4.97. The molecule has 3 rings (SSSR count). The number of anilines is 1. The summed E-state index contributed by atoms with van der Waals surface area (Å²) < 4.78 is 1.02. The van der Waals surface area contributed by atoms with Crippen molar-refractivity contribution in [3.8, 4) is 11.3 Å². The molecule has 24 heavy (non-hydrogen) atoms. The molecule has 0 saturated heterocycles. The van der Waals surface area contributed by atoms with E-state index in [1.165, 1.54) is 0 Å². The topological polar surface area (TPSA) is 42.0 Å². The zero-order valence-electron chi connectivity index (χ0n) is 12.9. The molecule has 0 spiro atoms. The number of nitrogens with zero attached hydrogens (tertiary/aromatic N) is 1. The van der Waals surface area contributed by atoms with Gasteiger partial charge in [0.25, 0.3) is 5.91 Å². The highest BCUT2D eigenvalue weighted by Gasteiger charge is 2.12. The number of aryl methyl sites for hydroxylation is 1. The summed E-state index contributed by atoms with van der Waals surface area (Å²) in [5.41, 5.74) is 3.77. The third kappa shape index (κ3) is 3.83. The molecule has 0 bridgehead atoms. The van der Waals surface area contributed by atoms with Crippen LogP contribution in [0.4, 0.5) is 5.69 Å². The summed E-state index contributed by atoms with van der Waals surface area (Å²) in [4.78, 5) is 17.0. The first-order valence-corrected chi connectivity index (χ1v) is 8.50. The Morgan fingerprint density at radius 3 is 2.29 bits per heavy atom. The molecule has 0 fully saturated rings. The molecule has 5 heteroatoms. The fraction of sp³-hybridized carbons (Fsp3) is 0.0526. The van der Waals surface area contributed by atoms with E-state index in [4.69, 9.17) is 11.6 Å². The number of hydrogen-bond donors (Lipinski definition) is 1. The van der Waals surface area contributed by atoms with Crippen molar-refractivity contribution in [3.05, 3.63) is 81.4 Å². The maximum Gasteiger partial charge on any atom is 0.257 e. The summed E-state index contributed by atoms with van der Waals surface area (Å²) in [5, 5.41) is 3.48. The lowest BCUT2D eigenvalue weighted by Gasteiger charge is -2.09. The van der Waals surface area contributed by atoms with Crippen LogP contribution in [0.3, 0.4) is 0 Å². The first kappa shape index (κ1) is 16.7. The molecule has 3 aromatic rings. The molecule has 2 aromatic carbocycles. The van der Waals surface area contributed by atoms with Gasteiger partial charge in [-0.3, -0.25) is 9.78 Å². The summed E-state index contributed by atoms with van der Waals surface area (Å²) in [6.45, 7) is 1.83. The Hall–Kier alpha value is -2.17. The number of pyridine rings is 1. The van der Waals surface area contributed by atoms with Crippen LogP contribution in [0.1, 0.15) is 16.1 Å². The third-order valence-corrected chi connectivity index (χ3v) is 4.35. The van der Waals surface area contributed by atoms with Crippen LogP contribution >= 0.6 is 27.5 Å². The summed E-state index contributed by atoms with van der Waals surface area (Å²) >= 11 is 9.27. The maximum atomic E-state index is 12.4. The van der Waals surface area contributed by atoms with Crippen molar-refractivity contribution in [2.24, 2.45) is 0 Å². The van der Waals surface area contributed by atoms with Crippen LogP contribution in [0.25, 0.3) is 11.3 Å². The number of amides is 1. The second kappa shape index (κ2) is 7.16. The van der Waals surface area contributed by atoms with Gasteiger partial charge in [0.1, 0.15) is 0 Å². The van der Waals surface area contributed by atoms with E-state index in [9.17, 15) is 4.79 Å². The SMILES string of the molecule is Cc1nc(-c2ccc(Br)cc2)ccc1C(=O)Nc1ccc(Cl)cc1. The molecule has 120 valence electrons. The number of nitrogens with one attached hydrogen (secondary N) is 1. The number of aromatic nitrogens is 1. The Bertz CT molecular complexity index is 877. The van der Waals surface area contributed by atoms with Crippen molar-refractivity contribution in [1.29, 1.82) is 0 Å². The van der Waals surface area contributed by atoms with Gasteiger partial charge in [-0.1, -0.05) is 39.7 Å². The van der Waals surface area contributed by atoms with E-state index < -0.39 is 0 Å². The van der Waals surface area contributed by atoms with Crippen LogP contribution in [0.5, 0.6) is 0 Å². The number of carbonyl (C=O) groups is 1. The monoisotopic (exact) mass is 400 g/mol. The van der Waals surface area contributed by atoms with Crippen molar-refractivity contribution < 1.29 is 4.79 Å². The minimum Gasteiger partial charge on any atom is -0.322 e. The van der Waals surface area contributed by atoms with E-state index >= 15 is 0 Å². The Morgan fingerprint density at radius 1 is 1.00 bits per heavy atom. The number of hydrogen-bond acceptors (Lipinski definition) is 2. The second-order valence-electron chi connectivity index (χ2n) is 5.30. The lowest BCUT2D eigenvalue weighted by atomic mass is 10.1. The van der Waals surface area contributed by atoms with Gasteiger partial charge >= 0.3 is 0 Å². The first-order valence-electron chi connectivity index (χ1n) is 7.33. The van der Waals surface area contributed by atoms with Gasteiger partial charge in [0.2, 0.25) is 0 Å². The van der Waals surface area contributed by atoms with Gasteiger partial charge in [-0.2, -0.15) is 0 Å². The third-order valence-electron chi connectivity index (χ3n) is 3.57. The minimum atomic E-state index is -0.190. The van der Waals surface area contributed by atoms with Gasteiger partial charge in [-0.25, -0.2) is 0 Å². The molecule has 1 aromatic heterocycles. The van der Waals surface area contributed by atoms with Crippen LogP contribution in [-0.4, -0.2) is 10.9 Å². The number of carbonyl (C=O) groups excluding carboxylic acids is 1. The minimum absolute atomic E-state index is 0.190. The molecular weight excluding hydrogens is 388 g/mol. The Morgan fingerprint density at radius 2 is 1.67 bits per heavy atom. The van der Waals surface area contributed by atoms with Crippen molar-refractivity contribution in [2.75, 3.05) is 5.32 Å². The highest BCUT2D eigenvalue weighted by atomic mass is 79.9. The second-order valence-corrected chi connectivity index (χ2v) is 6.65. The molecule has 1 heterocycles. The van der Waals surface area contributed by atoms with Gasteiger partial charge in [0, 0.05) is 20.7 Å². The molecule has 1 amide bonds. The molecule has 0 aliphatic heterocycles. The molecule has 0 unspecified atom stereocenters. The average Bonchev–Trinajstić information content (AvgIpc) is 2.57. The molecular formula is C19H14BrClN2O. The highest BCUT2D eigenvalue weighted by molar-refractivity contribution is 9.10. The number of benzene rings is 2. The summed E-state index contributed by atoms with van der Waals surface area (Å²) in [7, 11) is 0. The van der Waals surface area contributed by atoms with Crippen LogP contribution in [-0.2, 0) is 0 Å². The Labute approximate surface area is 153 Å².